The van der Waals surface area contributed by atoms with Crippen molar-refractivity contribution in [2.45, 2.75) is 45.1 Å². The number of nitrogens with zero attached hydrogens (tertiary/aromatic N) is 1. The second kappa shape index (κ2) is 6.44. The van der Waals surface area contributed by atoms with E-state index in [9.17, 15) is 9.59 Å². The summed E-state index contributed by atoms with van der Waals surface area (Å²) < 4.78 is 0. The number of rotatable bonds is 3. The molecule has 6 heteroatoms. The average molecular weight is 308 g/mol. The lowest BCUT2D eigenvalue weighted by molar-refractivity contribution is -0.134. The van der Waals surface area contributed by atoms with Gasteiger partial charge in [0.05, 0.1) is 5.41 Å². The first-order valence-corrected chi connectivity index (χ1v) is 8.70. The number of fused-ring (bicyclic) bond motifs is 1. The number of nitrogens with one attached hydrogen (secondary N) is 3. The normalized spacial score (nSPS) is 34.3. The Bertz CT molecular complexity index is 442. The lowest BCUT2D eigenvalue weighted by Crippen LogP contribution is -2.51. The molecule has 1 unspecified atom stereocenters. The minimum atomic E-state index is -0.197. The van der Waals surface area contributed by atoms with Gasteiger partial charge in [0.2, 0.25) is 5.91 Å². The Balaban J connectivity index is 1.57. The molecular weight excluding hydrogens is 280 g/mol. The summed E-state index contributed by atoms with van der Waals surface area (Å²) in [5.74, 6) is 0.701. The maximum absolute atomic E-state index is 12.9. The van der Waals surface area contributed by atoms with E-state index >= 15 is 0 Å². The fourth-order valence-electron chi connectivity index (χ4n) is 4.35. The molecule has 2 heterocycles. The molecular formula is C16H28N4O2. The first-order chi connectivity index (χ1) is 10.7. The fourth-order valence-corrected chi connectivity index (χ4v) is 4.35. The highest BCUT2D eigenvalue weighted by Gasteiger charge is 2.50. The molecule has 0 aromatic rings. The number of urea groups is 1. The van der Waals surface area contributed by atoms with E-state index in [0.29, 0.717) is 19.0 Å². The van der Waals surface area contributed by atoms with Crippen molar-refractivity contribution in [3.63, 3.8) is 0 Å². The van der Waals surface area contributed by atoms with Crippen molar-refractivity contribution in [2.24, 2.45) is 11.3 Å². The van der Waals surface area contributed by atoms with E-state index in [1.54, 1.807) is 4.90 Å². The minimum Gasteiger partial charge on any atom is -0.351 e. The predicted molar refractivity (Wildman–Crippen MR) is 84.5 cm³/mol. The summed E-state index contributed by atoms with van der Waals surface area (Å²) in [4.78, 5) is 26.5. The zero-order valence-corrected chi connectivity index (χ0v) is 13.5. The molecule has 0 bridgehead atoms. The van der Waals surface area contributed by atoms with E-state index in [-0.39, 0.29) is 23.4 Å². The molecule has 2 aliphatic heterocycles. The third-order valence-corrected chi connectivity index (χ3v) is 5.63. The maximum atomic E-state index is 12.9. The Hall–Kier alpha value is -1.30. The van der Waals surface area contributed by atoms with Gasteiger partial charge in [-0.3, -0.25) is 4.79 Å². The van der Waals surface area contributed by atoms with Crippen molar-refractivity contribution < 1.29 is 9.59 Å². The van der Waals surface area contributed by atoms with Gasteiger partial charge in [-0.2, -0.15) is 0 Å². The molecule has 6 nitrogen and oxygen atoms in total. The van der Waals surface area contributed by atoms with E-state index in [4.69, 9.17) is 0 Å². The van der Waals surface area contributed by atoms with Crippen LogP contribution in [0.4, 0.5) is 4.79 Å². The van der Waals surface area contributed by atoms with Crippen LogP contribution in [0.1, 0.15) is 39.0 Å². The summed E-state index contributed by atoms with van der Waals surface area (Å²) in [5.41, 5.74) is -0.197. The summed E-state index contributed by atoms with van der Waals surface area (Å²) in [5, 5.41) is 9.48. The van der Waals surface area contributed by atoms with Crippen molar-refractivity contribution in [2.75, 3.05) is 32.7 Å². The highest BCUT2D eigenvalue weighted by molar-refractivity contribution is 5.84. The lowest BCUT2D eigenvalue weighted by atomic mass is 9.67. The highest BCUT2D eigenvalue weighted by atomic mass is 16.2. The van der Waals surface area contributed by atoms with Gasteiger partial charge in [0.15, 0.2) is 0 Å². The van der Waals surface area contributed by atoms with Gasteiger partial charge in [-0.1, -0.05) is 12.8 Å². The number of carbonyl (C=O) groups is 2. The predicted octanol–water partition coefficient (Wildman–Crippen LogP) is 0.686. The van der Waals surface area contributed by atoms with Crippen LogP contribution in [0.2, 0.25) is 0 Å². The van der Waals surface area contributed by atoms with E-state index in [1.807, 2.05) is 6.92 Å². The number of carbonyl (C=O) groups excluding carboxylic acids is 2. The van der Waals surface area contributed by atoms with Gasteiger partial charge in [-0.25, -0.2) is 4.79 Å². The van der Waals surface area contributed by atoms with Crippen LogP contribution in [0.5, 0.6) is 0 Å². The molecule has 22 heavy (non-hydrogen) atoms. The van der Waals surface area contributed by atoms with E-state index in [0.717, 1.165) is 45.3 Å². The van der Waals surface area contributed by atoms with Crippen molar-refractivity contribution in [3.8, 4) is 0 Å². The Morgan fingerprint density at radius 3 is 3.00 bits per heavy atom. The number of likely N-dealkylation sites (tertiary alicyclic amines) is 1. The molecule has 3 rings (SSSR count). The standard InChI is InChI=1S/C16H28N4O2/c1-2-18-15(22)20-8-6-13(10-20)19-14(21)16-7-4-3-5-12(16)9-17-11-16/h12-13,17H,2-11H2,1H3,(H,18,22)(H,19,21)/t12-,13?,16+/m0/s1. The summed E-state index contributed by atoms with van der Waals surface area (Å²) in [6.45, 7) is 5.71. The highest BCUT2D eigenvalue weighted by Crippen LogP contribution is 2.44. The zero-order chi connectivity index (χ0) is 15.6. The molecule has 0 aromatic heterocycles. The number of hydrogen-bond donors (Lipinski definition) is 3. The number of hydrogen-bond acceptors (Lipinski definition) is 3. The van der Waals surface area contributed by atoms with Crippen molar-refractivity contribution in [3.05, 3.63) is 0 Å². The fraction of sp³-hybridized carbons (Fsp3) is 0.875. The zero-order valence-electron chi connectivity index (χ0n) is 13.5. The molecule has 3 aliphatic rings. The third-order valence-electron chi connectivity index (χ3n) is 5.63. The molecule has 0 radical (unpaired) electrons. The van der Waals surface area contributed by atoms with Crippen LogP contribution in [0.3, 0.4) is 0 Å². The van der Waals surface area contributed by atoms with Gasteiger partial charge in [0.25, 0.3) is 0 Å². The molecule has 3 atom stereocenters. The quantitative estimate of drug-likeness (QED) is 0.718. The molecule has 3 fully saturated rings. The summed E-state index contributed by atoms with van der Waals surface area (Å²) in [6, 6.07) is 0.0862. The topological polar surface area (TPSA) is 73.5 Å². The maximum Gasteiger partial charge on any atom is 0.317 e. The Kier molecular flexibility index (Phi) is 4.57. The second-order valence-electron chi connectivity index (χ2n) is 6.97. The van der Waals surface area contributed by atoms with Crippen LogP contribution < -0.4 is 16.0 Å². The van der Waals surface area contributed by atoms with Crippen LogP contribution in [0.15, 0.2) is 0 Å². The molecule has 124 valence electrons. The Labute approximate surface area is 132 Å². The molecule has 1 saturated carbocycles. The van der Waals surface area contributed by atoms with Gasteiger partial charge < -0.3 is 20.9 Å². The Morgan fingerprint density at radius 2 is 2.18 bits per heavy atom. The smallest absolute Gasteiger partial charge is 0.317 e. The monoisotopic (exact) mass is 308 g/mol. The summed E-state index contributed by atoms with van der Waals surface area (Å²) in [6.07, 6.45) is 5.42. The molecule has 2 saturated heterocycles. The third kappa shape index (κ3) is 2.81. The average Bonchev–Trinajstić information content (AvgIpc) is 3.14. The van der Waals surface area contributed by atoms with E-state index < -0.39 is 0 Å². The first kappa shape index (κ1) is 15.6. The Morgan fingerprint density at radius 1 is 1.32 bits per heavy atom. The number of amides is 3. The molecule has 3 amide bonds. The van der Waals surface area contributed by atoms with Gasteiger partial charge in [-0.05, 0) is 38.6 Å². The molecule has 0 aromatic carbocycles. The second-order valence-corrected chi connectivity index (χ2v) is 6.97. The first-order valence-electron chi connectivity index (χ1n) is 8.70. The van der Waals surface area contributed by atoms with Crippen LogP contribution in [0.25, 0.3) is 0 Å². The molecule has 3 N–H and O–H groups in total. The van der Waals surface area contributed by atoms with Crippen molar-refractivity contribution in [1.82, 2.24) is 20.9 Å². The summed E-state index contributed by atoms with van der Waals surface area (Å²) in [7, 11) is 0. The molecule has 0 spiro atoms. The largest absolute Gasteiger partial charge is 0.351 e. The van der Waals surface area contributed by atoms with Gasteiger partial charge in [-0.15, -0.1) is 0 Å². The van der Waals surface area contributed by atoms with Crippen LogP contribution in [-0.4, -0.2) is 55.6 Å². The van der Waals surface area contributed by atoms with E-state index in [1.165, 1.54) is 6.42 Å². The van der Waals surface area contributed by atoms with Crippen LogP contribution in [0, 0.1) is 11.3 Å². The summed E-state index contributed by atoms with van der Waals surface area (Å²) >= 11 is 0. The lowest BCUT2D eigenvalue weighted by Gasteiger charge is -2.37. The van der Waals surface area contributed by atoms with Crippen molar-refractivity contribution >= 4 is 11.9 Å². The minimum absolute atomic E-state index is 0.0181. The van der Waals surface area contributed by atoms with Crippen LogP contribution in [-0.2, 0) is 4.79 Å². The molecule has 1 aliphatic carbocycles. The SMILES string of the molecule is CCNC(=O)N1CCC(NC(=O)[C@@]23CCCC[C@H]2CNC3)C1. The van der Waals surface area contributed by atoms with Gasteiger partial charge in [0.1, 0.15) is 0 Å². The van der Waals surface area contributed by atoms with Gasteiger partial charge >= 0.3 is 6.03 Å². The van der Waals surface area contributed by atoms with Crippen molar-refractivity contribution in [1.29, 1.82) is 0 Å². The van der Waals surface area contributed by atoms with Crippen LogP contribution >= 0.6 is 0 Å². The van der Waals surface area contributed by atoms with E-state index in [2.05, 4.69) is 16.0 Å². The van der Waals surface area contributed by atoms with Gasteiger partial charge in [0, 0.05) is 32.2 Å².